The number of anilines is 1. The van der Waals surface area contributed by atoms with Crippen LogP contribution in [0.5, 0.6) is 0 Å². The van der Waals surface area contributed by atoms with E-state index >= 15 is 0 Å². The third-order valence-corrected chi connectivity index (χ3v) is 2.64. The average Bonchev–Trinajstić information content (AvgIpc) is 2.51. The number of nitrogen functional groups attached to an aromatic ring is 1. The summed E-state index contributed by atoms with van der Waals surface area (Å²) < 4.78 is 1.95. The second-order valence-electron chi connectivity index (χ2n) is 2.96. The van der Waals surface area contributed by atoms with Crippen molar-refractivity contribution in [1.29, 1.82) is 0 Å². The van der Waals surface area contributed by atoms with Gasteiger partial charge in [-0.2, -0.15) is 11.8 Å². The van der Waals surface area contributed by atoms with Crippen LogP contribution in [0.1, 0.15) is 0 Å². The molecule has 0 amide bonds. The molecule has 2 aromatic rings. The lowest BCUT2D eigenvalue weighted by molar-refractivity contribution is 0.801. The molecule has 0 aliphatic heterocycles. The zero-order chi connectivity index (χ0) is 9.97. The Morgan fingerprint density at radius 2 is 2.43 bits per heavy atom. The molecule has 0 fully saturated rings. The molecule has 0 aliphatic carbocycles. The number of thioether (sulfide) groups is 1. The van der Waals surface area contributed by atoms with E-state index in [1.54, 1.807) is 18.0 Å². The zero-order valence-corrected chi connectivity index (χ0v) is 8.79. The van der Waals surface area contributed by atoms with E-state index in [9.17, 15) is 0 Å². The number of fused-ring (bicyclic) bond motifs is 1. The fourth-order valence-electron chi connectivity index (χ4n) is 1.38. The normalized spacial score (nSPS) is 10.9. The minimum absolute atomic E-state index is 0.549. The first kappa shape index (κ1) is 9.33. The van der Waals surface area contributed by atoms with Gasteiger partial charge in [-0.25, -0.2) is 9.97 Å². The van der Waals surface area contributed by atoms with Crippen molar-refractivity contribution >= 4 is 28.9 Å². The molecule has 0 saturated carbocycles. The molecule has 4 nitrogen and oxygen atoms in total. The Morgan fingerprint density at radius 3 is 3.21 bits per heavy atom. The fourth-order valence-corrected chi connectivity index (χ4v) is 1.74. The largest absolute Gasteiger partial charge is 0.369 e. The SMILES string of the molecule is CSCCn1c(N)nc2cccnc21. The average molecular weight is 208 g/mol. The third-order valence-electron chi connectivity index (χ3n) is 2.05. The Morgan fingerprint density at radius 1 is 1.57 bits per heavy atom. The summed E-state index contributed by atoms with van der Waals surface area (Å²) in [5, 5.41) is 0. The number of imidazole rings is 1. The third kappa shape index (κ3) is 1.55. The summed E-state index contributed by atoms with van der Waals surface area (Å²) in [5.41, 5.74) is 7.54. The molecule has 0 aromatic carbocycles. The predicted molar refractivity (Wildman–Crippen MR) is 60.3 cm³/mol. The van der Waals surface area contributed by atoms with E-state index in [1.165, 1.54) is 0 Å². The van der Waals surface area contributed by atoms with Crippen LogP contribution in [0.25, 0.3) is 11.2 Å². The maximum absolute atomic E-state index is 5.80. The molecule has 0 unspecified atom stereocenters. The molecule has 0 bridgehead atoms. The molecule has 0 atom stereocenters. The molecule has 0 spiro atoms. The van der Waals surface area contributed by atoms with Crippen molar-refractivity contribution < 1.29 is 0 Å². The summed E-state index contributed by atoms with van der Waals surface area (Å²) in [6.07, 6.45) is 3.84. The zero-order valence-electron chi connectivity index (χ0n) is 7.97. The van der Waals surface area contributed by atoms with Gasteiger partial charge in [0.15, 0.2) is 5.65 Å². The minimum atomic E-state index is 0.549. The minimum Gasteiger partial charge on any atom is -0.369 e. The van der Waals surface area contributed by atoms with Crippen molar-refractivity contribution in [2.45, 2.75) is 6.54 Å². The highest BCUT2D eigenvalue weighted by molar-refractivity contribution is 7.98. The first-order valence-corrected chi connectivity index (χ1v) is 5.78. The summed E-state index contributed by atoms with van der Waals surface area (Å²) in [7, 11) is 0. The number of aromatic nitrogens is 3. The van der Waals surface area contributed by atoms with Crippen LogP contribution in [0.15, 0.2) is 18.3 Å². The van der Waals surface area contributed by atoms with Gasteiger partial charge < -0.3 is 5.73 Å². The van der Waals surface area contributed by atoms with Crippen molar-refractivity contribution in [3.05, 3.63) is 18.3 Å². The maximum Gasteiger partial charge on any atom is 0.202 e. The number of nitrogens with two attached hydrogens (primary N) is 1. The van der Waals surface area contributed by atoms with Gasteiger partial charge >= 0.3 is 0 Å². The monoisotopic (exact) mass is 208 g/mol. The van der Waals surface area contributed by atoms with Crippen LogP contribution in [0.3, 0.4) is 0 Å². The van der Waals surface area contributed by atoms with E-state index in [4.69, 9.17) is 5.73 Å². The van der Waals surface area contributed by atoms with Gasteiger partial charge in [-0.05, 0) is 18.4 Å². The summed E-state index contributed by atoms with van der Waals surface area (Å²) in [6, 6.07) is 3.79. The Bertz CT molecular complexity index is 437. The fraction of sp³-hybridized carbons (Fsp3) is 0.333. The molecule has 2 N–H and O–H groups in total. The van der Waals surface area contributed by atoms with E-state index in [0.29, 0.717) is 5.95 Å². The molecule has 2 rings (SSSR count). The van der Waals surface area contributed by atoms with Gasteiger partial charge in [0.05, 0.1) is 0 Å². The molecule has 5 heteroatoms. The van der Waals surface area contributed by atoms with Crippen LogP contribution in [0, 0.1) is 0 Å². The highest BCUT2D eigenvalue weighted by Gasteiger charge is 2.07. The smallest absolute Gasteiger partial charge is 0.202 e. The summed E-state index contributed by atoms with van der Waals surface area (Å²) >= 11 is 1.79. The van der Waals surface area contributed by atoms with Gasteiger partial charge in [0.1, 0.15) is 5.52 Å². The Kier molecular flexibility index (Phi) is 2.58. The van der Waals surface area contributed by atoms with Gasteiger partial charge in [-0.15, -0.1) is 0 Å². The van der Waals surface area contributed by atoms with Gasteiger partial charge in [0.2, 0.25) is 5.95 Å². The summed E-state index contributed by atoms with van der Waals surface area (Å²) in [5.74, 6) is 1.57. The van der Waals surface area contributed by atoms with Crippen molar-refractivity contribution in [3.8, 4) is 0 Å². The van der Waals surface area contributed by atoms with Crippen LogP contribution in [0.4, 0.5) is 5.95 Å². The van der Waals surface area contributed by atoms with Crippen LogP contribution < -0.4 is 5.73 Å². The maximum atomic E-state index is 5.80. The number of aryl methyl sites for hydroxylation is 1. The summed E-state index contributed by atoms with van der Waals surface area (Å²) in [4.78, 5) is 8.50. The van der Waals surface area contributed by atoms with Crippen LogP contribution >= 0.6 is 11.8 Å². The first-order valence-electron chi connectivity index (χ1n) is 4.38. The second-order valence-corrected chi connectivity index (χ2v) is 3.95. The van der Waals surface area contributed by atoms with Crippen molar-refractivity contribution in [2.24, 2.45) is 0 Å². The predicted octanol–water partition coefficient (Wildman–Crippen LogP) is 1.38. The van der Waals surface area contributed by atoms with Gasteiger partial charge in [0, 0.05) is 18.5 Å². The highest BCUT2D eigenvalue weighted by atomic mass is 32.2. The van der Waals surface area contributed by atoms with E-state index < -0.39 is 0 Å². The molecule has 2 aromatic heterocycles. The van der Waals surface area contributed by atoms with Crippen molar-refractivity contribution in [2.75, 3.05) is 17.7 Å². The van der Waals surface area contributed by atoms with Gasteiger partial charge in [0.25, 0.3) is 0 Å². The molecule has 2 heterocycles. The Balaban J connectivity index is 2.45. The van der Waals surface area contributed by atoms with Crippen LogP contribution in [-0.4, -0.2) is 26.5 Å². The van der Waals surface area contributed by atoms with Crippen molar-refractivity contribution in [3.63, 3.8) is 0 Å². The number of hydrogen-bond acceptors (Lipinski definition) is 4. The quantitative estimate of drug-likeness (QED) is 0.827. The van der Waals surface area contributed by atoms with E-state index in [2.05, 4.69) is 16.2 Å². The molecule has 14 heavy (non-hydrogen) atoms. The van der Waals surface area contributed by atoms with Crippen LogP contribution in [-0.2, 0) is 6.54 Å². The lowest BCUT2D eigenvalue weighted by Crippen LogP contribution is -2.05. The topological polar surface area (TPSA) is 56.7 Å². The van der Waals surface area contributed by atoms with Gasteiger partial charge in [-0.3, -0.25) is 4.57 Å². The van der Waals surface area contributed by atoms with Crippen LogP contribution in [0.2, 0.25) is 0 Å². The molecule has 0 radical (unpaired) electrons. The van der Waals surface area contributed by atoms with E-state index in [1.807, 2.05) is 16.7 Å². The van der Waals surface area contributed by atoms with E-state index in [0.717, 1.165) is 23.5 Å². The number of pyridine rings is 1. The number of hydrogen-bond donors (Lipinski definition) is 1. The molecular formula is C9H12N4S. The first-order chi connectivity index (χ1) is 6.83. The lowest BCUT2D eigenvalue weighted by Gasteiger charge is -2.02. The number of rotatable bonds is 3. The van der Waals surface area contributed by atoms with E-state index in [-0.39, 0.29) is 0 Å². The number of nitrogens with zero attached hydrogens (tertiary/aromatic N) is 3. The lowest BCUT2D eigenvalue weighted by atomic mass is 10.4. The molecule has 0 saturated heterocycles. The molecule has 0 aliphatic rings. The Labute approximate surface area is 86.5 Å². The van der Waals surface area contributed by atoms with Gasteiger partial charge in [-0.1, -0.05) is 0 Å². The molecular weight excluding hydrogens is 196 g/mol. The standard InChI is InChI=1S/C9H12N4S/c1-14-6-5-13-8-7(12-9(13)10)3-2-4-11-8/h2-4H,5-6H2,1H3,(H2,10,12). The summed E-state index contributed by atoms with van der Waals surface area (Å²) in [6.45, 7) is 0.862. The second kappa shape index (κ2) is 3.88. The highest BCUT2D eigenvalue weighted by Crippen LogP contribution is 2.15. The Hall–Kier alpha value is -1.23. The van der Waals surface area contributed by atoms with Crippen molar-refractivity contribution in [1.82, 2.24) is 14.5 Å². The molecule has 74 valence electrons.